The first kappa shape index (κ1) is 9.77. The van der Waals surface area contributed by atoms with Gasteiger partial charge in [-0.15, -0.1) is 0 Å². The lowest BCUT2D eigenvalue weighted by Gasteiger charge is -2.07. The van der Waals surface area contributed by atoms with Crippen molar-refractivity contribution >= 4 is 0 Å². The van der Waals surface area contributed by atoms with Crippen LogP contribution in [0.3, 0.4) is 0 Å². The van der Waals surface area contributed by atoms with Crippen molar-refractivity contribution in [3.63, 3.8) is 0 Å². The van der Waals surface area contributed by atoms with E-state index in [-0.39, 0.29) is 0 Å². The van der Waals surface area contributed by atoms with Crippen molar-refractivity contribution in [3.05, 3.63) is 36.0 Å². The van der Waals surface area contributed by atoms with Crippen LogP contribution in [0.5, 0.6) is 5.75 Å². The fourth-order valence-corrected chi connectivity index (χ4v) is 1.64. The second-order valence-corrected chi connectivity index (χ2v) is 3.52. The number of aromatic nitrogens is 2. The molecule has 3 heteroatoms. The van der Waals surface area contributed by atoms with Crippen LogP contribution in [0, 0.1) is 6.92 Å². The molecule has 0 saturated heterocycles. The third kappa shape index (κ3) is 1.73. The molecule has 0 bridgehead atoms. The SMILES string of the molecule is COc1cc(-c2ccnn2C)ccc1C. The van der Waals surface area contributed by atoms with Crippen LogP contribution in [0.2, 0.25) is 0 Å². The molecule has 0 aliphatic rings. The fourth-order valence-electron chi connectivity index (χ4n) is 1.64. The molecule has 0 saturated carbocycles. The molecule has 15 heavy (non-hydrogen) atoms. The average Bonchev–Trinajstić information content (AvgIpc) is 2.65. The lowest BCUT2D eigenvalue weighted by Crippen LogP contribution is -1.94. The summed E-state index contributed by atoms with van der Waals surface area (Å²) in [5.41, 5.74) is 3.36. The topological polar surface area (TPSA) is 27.1 Å². The molecule has 0 radical (unpaired) electrons. The van der Waals surface area contributed by atoms with Crippen LogP contribution in [0.4, 0.5) is 0 Å². The van der Waals surface area contributed by atoms with Crippen LogP contribution in [-0.4, -0.2) is 16.9 Å². The van der Waals surface area contributed by atoms with E-state index >= 15 is 0 Å². The third-order valence-electron chi connectivity index (χ3n) is 2.52. The summed E-state index contributed by atoms with van der Waals surface area (Å²) < 4.78 is 7.15. The monoisotopic (exact) mass is 202 g/mol. The van der Waals surface area contributed by atoms with Gasteiger partial charge >= 0.3 is 0 Å². The number of nitrogens with zero attached hydrogens (tertiary/aromatic N) is 2. The van der Waals surface area contributed by atoms with Gasteiger partial charge < -0.3 is 4.74 Å². The van der Waals surface area contributed by atoms with Gasteiger partial charge in [0.25, 0.3) is 0 Å². The van der Waals surface area contributed by atoms with Gasteiger partial charge in [0.15, 0.2) is 0 Å². The van der Waals surface area contributed by atoms with Gasteiger partial charge in [-0.2, -0.15) is 5.10 Å². The van der Waals surface area contributed by atoms with Crippen LogP contribution < -0.4 is 4.74 Å². The summed E-state index contributed by atoms with van der Waals surface area (Å²) in [5.74, 6) is 0.911. The molecular formula is C12H14N2O. The van der Waals surface area contributed by atoms with E-state index in [2.05, 4.69) is 17.2 Å². The highest BCUT2D eigenvalue weighted by molar-refractivity contribution is 5.62. The minimum Gasteiger partial charge on any atom is -0.496 e. The summed E-state index contributed by atoms with van der Waals surface area (Å²) in [5, 5.41) is 4.15. The largest absolute Gasteiger partial charge is 0.496 e. The van der Waals surface area contributed by atoms with Crippen molar-refractivity contribution in [3.8, 4) is 17.0 Å². The van der Waals surface area contributed by atoms with Gasteiger partial charge in [-0.3, -0.25) is 4.68 Å². The molecule has 1 aromatic carbocycles. The molecule has 0 amide bonds. The Labute approximate surface area is 89.3 Å². The van der Waals surface area contributed by atoms with E-state index in [0.29, 0.717) is 0 Å². The minimum absolute atomic E-state index is 0.911. The van der Waals surface area contributed by atoms with Crippen LogP contribution >= 0.6 is 0 Å². The normalized spacial score (nSPS) is 10.3. The predicted molar refractivity (Wildman–Crippen MR) is 59.9 cm³/mol. The smallest absolute Gasteiger partial charge is 0.122 e. The quantitative estimate of drug-likeness (QED) is 0.747. The molecule has 0 fully saturated rings. The molecule has 0 aliphatic heterocycles. The number of hydrogen-bond acceptors (Lipinski definition) is 2. The molecule has 1 heterocycles. The Balaban J connectivity index is 2.51. The zero-order valence-corrected chi connectivity index (χ0v) is 9.19. The van der Waals surface area contributed by atoms with Gasteiger partial charge in [-0.1, -0.05) is 12.1 Å². The molecule has 2 rings (SSSR count). The van der Waals surface area contributed by atoms with Crippen molar-refractivity contribution in [1.29, 1.82) is 0 Å². The lowest BCUT2D eigenvalue weighted by atomic mass is 10.1. The fraction of sp³-hybridized carbons (Fsp3) is 0.250. The van der Waals surface area contributed by atoms with E-state index in [1.54, 1.807) is 13.3 Å². The van der Waals surface area contributed by atoms with Crippen molar-refractivity contribution in [2.45, 2.75) is 6.92 Å². The minimum atomic E-state index is 0.911. The van der Waals surface area contributed by atoms with Gasteiger partial charge in [-0.05, 0) is 24.6 Å². The summed E-state index contributed by atoms with van der Waals surface area (Å²) in [7, 11) is 3.62. The van der Waals surface area contributed by atoms with Crippen molar-refractivity contribution in [2.75, 3.05) is 7.11 Å². The Morgan fingerprint density at radius 2 is 2.07 bits per heavy atom. The summed E-state index contributed by atoms with van der Waals surface area (Å²) in [6, 6.07) is 8.16. The first-order valence-electron chi connectivity index (χ1n) is 4.85. The highest BCUT2D eigenvalue weighted by atomic mass is 16.5. The summed E-state index contributed by atoms with van der Waals surface area (Å²) in [4.78, 5) is 0. The molecule has 0 N–H and O–H groups in total. The molecular weight excluding hydrogens is 188 g/mol. The second kappa shape index (κ2) is 3.77. The Hall–Kier alpha value is -1.77. The number of methoxy groups -OCH3 is 1. The van der Waals surface area contributed by atoms with E-state index in [1.165, 1.54) is 0 Å². The lowest BCUT2D eigenvalue weighted by molar-refractivity contribution is 0.412. The van der Waals surface area contributed by atoms with E-state index in [1.807, 2.05) is 30.8 Å². The van der Waals surface area contributed by atoms with E-state index in [4.69, 9.17) is 4.74 Å². The molecule has 78 valence electrons. The Kier molecular flexibility index (Phi) is 2.46. The number of benzene rings is 1. The van der Waals surface area contributed by atoms with Crippen LogP contribution in [0.25, 0.3) is 11.3 Å². The molecule has 1 aromatic heterocycles. The third-order valence-corrected chi connectivity index (χ3v) is 2.52. The molecule has 2 aromatic rings. The molecule has 0 spiro atoms. The van der Waals surface area contributed by atoms with Crippen molar-refractivity contribution < 1.29 is 4.74 Å². The molecule has 0 atom stereocenters. The first-order valence-corrected chi connectivity index (χ1v) is 4.85. The highest BCUT2D eigenvalue weighted by Crippen LogP contribution is 2.25. The Bertz CT molecular complexity index is 474. The maximum absolute atomic E-state index is 5.29. The molecule has 0 aliphatic carbocycles. The van der Waals surface area contributed by atoms with Gasteiger partial charge in [0.05, 0.1) is 12.8 Å². The number of ether oxygens (including phenoxy) is 1. The highest BCUT2D eigenvalue weighted by Gasteiger charge is 2.05. The summed E-state index contributed by atoms with van der Waals surface area (Å²) in [6.45, 7) is 2.03. The van der Waals surface area contributed by atoms with Crippen LogP contribution in [0.15, 0.2) is 30.5 Å². The average molecular weight is 202 g/mol. The van der Waals surface area contributed by atoms with Crippen molar-refractivity contribution in [1.82, 2.24) is 9.78 Å². The Morgan fingerprint density at radius 1 is 1.27 bits per heavy atom. The zero-order valence-electron chi connectivity index (χ0n) is 9.19. The van der Waals surface area contributed by atoms with Crippen molar-refractivity contribution in [2.24, 2.45) is 7.05 Å². The van der Waals surface area contributed by atoms with E-state index < -0.39 is 0 Å². The van der Waals surface area contributed by atoms with Gasteiger partial charge in [0.1, 0.15) is 5.75 Å². The van der Waals surface area contributed by atoms with E-state index in [0.717, 1.165) is 22.6 Å². The molecule has 0 unspecified atom stereocenters. The number of rotatable bonds is 2. The zero-order chi connectivity index (χ0) is 10.8. The number of hydrogen-bond donors (Lipinski definition) is 0. The Morgan fingerprint density at radius 3 is 2.67 bits per heavy atom. The van der Waals surface area contributed by atoms with Gasteiger partial charge in [0.2, 0.25) is 0 Å². The number of aryl methyl sites for hydroxylation is 2. The summed E-state index contributed by atoms with van der Waals surface area (Å²) in [6.07, 6.45) is 1.79. The second-order valence-electron chi connectivity index (χ2n) is 3.52. The molecule has 3 nitrogen and oxygen atoms in total. The van der Waals surface area contributed by atoms with Crippen LogP contribution in [0.1, 0.15) is 5.56 Å². The predicted octanol–water partition coefficient (Wildman–Crippen LogP) is 2.40. The van der Waals surface area contributed by atoms with E-state index in [9.17, 15) is 0 Å². The maximum atomic E-state index is 5.29. The first-order chi connectivity index (χ1) is 7.22. The maximum Gasteiger partial charge on any atom is 0.122 e. The standard InChI is InChI=1S/C12H14N2O/c1-9-4-5-10(8-12(9)15-3)11-6-7-13-14(11)2/h4-8H,1-3H3. The van der Waals surface area contributed by atoms with Gasteiger partial charge in [-0.25, -0.2) is 0 Å². The summed E-state index contributed by atoms with van der Waals surface area (Å²) >= 11 is 0. The van der Waals surface area contributed by atoms with Crippen LogP contribution in [-0.2, 0) is 7.05 Å². The van der Waals surface area contributed by atoms with Gasteiger partial charge in [0, 0.05) is 18.8 Å².